The Labute approximate surface area is 176 Å². The third-order valence-corrected chi connectivity index (χ3v) is 5.90. The smallest absolute Gasteiger partial charge is 0.241 e. The Morgan fingerprint density at radius 2 is 1.93 bits per heavy atom. The van der Waals surface area contributed by atoms with Crippen molar-refractivity contribution in [2.45, 2.75) is 45.1 Å². The molecule has 3 N–H and O–H groups in total. The molecule has 0 bridgehead atoms. The summed E-state index contributed by atoms with van der Waals surface area (Å²) in [6.07, 6.45) is 1.36. The van der Waals surface area contributed by atoms with E-state index in [4.69, 9.17) is 11.6 Å². The lowest BCUT2D eigenvalue weighted by molar-refractivity contribution is -0.120. The first kappa shape index (κ1) is 19.9. The molecule has 0 aliphatic carbocycles. The summed E-state index contributed by atoms with van der Waals surface area (Å²) >= 11 is 5.90. The molecule has 1 saturated heterocycles. The third-order valence-electron chi connectivity index (χ3n) is 5.65. The van der Waals surface area contributed by atoms with Crippen LogP contribution in [0.3, 0.4) is 0 Å². The molecule has 2 aliphatic rings. The van der Waals surface area contributed by atoms with Crippen LogP contribution in [0.15, 0.2) is 42.5 Å². The number of fused-ring (bicyclic) bond motifs is 2. The van der Waals surface area contributed by atoms with Gasteiger partial charge in [-0.3, -0.25) is 9.59 Å². The highest BCUT2D eigenvalue weighted by molar-refractivity contribution is 6.30. The van der Waals surface area contributed by atoms with E-state index in [1.54, 1.807) is 24.3 Å². The molecule has 2 aromatic rings. The van der Waals surface area contributed by atoms with Crippen LogP contribution in [-0.2, 0) is 21.4 Å². The lowest BCUT2D eigenvalue weighted by Gasteiger charge is -2.23. The minimum Gasteiger partial charge on any atom is -0.325 e. The summed E-state index contributed by atoms with van der Waals surface area (Å²) in [6.45, 7) is 7.05. The lowest BCUT2D eigenvalue weighted by atomic mass is 9.78. The number of rotatable bonds is 3. The van der Waals surface area contributed by atoms with Crippen molar-refractivity contribution >= 4 is 34.8 Å². The molecule has 2 unspecified atom stereocenters. The van der Waals surface area contributed by atoms with Crippen LogP contribution < -0.4 is 16.0 Å². The average Bonchev–Trinajstić information content (AvgIpc) is 3.20. The molecule has 0 radical (unpaired) electrons. The maximum absolute atomic E-state index is 12.9. The molecule has 152 valence electrons. The molecule has 5 nitrogen and oxygen atoms in total. The van der Waals surface area contributed by atoms with Crippen molar-refractivity contribution in [3.63, 3.8) is 0 Å². The van der Waals surface area contributed by atoms with Gasteiger partial charge in [0.25, 0.3) is 0 Å². The number of nitrogens with one attached hydrogen (secondary N) is 3. The molecule has 0 aromatic heterocycles. The van der Waals surface area contributed by atoms with Gasteiger partial charge >= 0.3 is 0 Å². The van der Waals surface area contributed by atoms with Crippen molar-refractivity contribution in [1.29, 1.82) is 0 Å². The van der Waals surface area contributed by atoms with Crippen molar-refractivity contribution < 1.29 is 9.59 Å². The van der Waals surface area contributed by atoms with Crippen LogP contribution in [-0.4, -0.2) is 24.4 Å². The van der Waals surface area contributed by atoms with Gasteiger partial charge in [0.05, 0.1) is 11.5 Å². The first-order valence-corrected chi connectivity index (χ1v) is 10.3. The fourth-order valence-electron chi connectivity index (χ4n) is 4.30. The van der Waals surface area contributed by atoms with Crippen LogP contribution in [0.5, 0.6) is 0 Å². The summed E-state index contributed by atoms with van der Waals surface area (Å²) in [6, 6.07) is 12.8. The van der Waals surface area contributed by atoms with Gasteiger partial charge in [-0.15, -0.1) is 0 Å². The van der Waals surface area contributed by atoms with Crippen LogP contribution >= 0.6 is 11.6 Å². The second kappa shape index (κ2) is 7.15. The molecule has 29 heavy (non-hydrogen) atoms. The SMILES string of the molecule is CC(C)(C)Cc1ccc2c(c1)C1(CNC(C(=O)Nc3ccc(Cl)cc3)C1)C(=O)N2. The van der Waals surface area contributed by atoms with Crippen LogP contribution in [0.2, 0.25) is 5.02 Å². The normalized spacial score (nSPS) is 23.2. The van der Waals surface area contributed by atoms with Gasteiger partial charge in [0.15, 0.2) is 0 Å². The van der Waals surface area contributed by atoms with Crippen molar-refractivity contribution in [1.82, 2.24) is 5.32 Å². The van der Waals surface area contributed by atoms with Crippen LogP contribution in [0.4, 0.5) is 11.4 Å². The molecule has 2 aliphatic heterocycles. The maximum Gasteiger partial charge on any atom is 0.241 e. The number of carbonyl (C=O) groups excluding carboxylic acids is 2. The van der Waals surface area contributed by atoms with E-state index in [0.29, 0.717) is 23.7 Å². The van der Waals surface area contributed by atoms with Gasteiger partial charge in [0.1, 0.15) is 0 Å². The molecule has 4 rings (SSSR count). The summed E-state index contributed by atoms with van der Waals surface area (Å²) < 4.78 is 0. The number of halogens is 1. The second-order valence-electron chi connectivity index (χ2n) is 9.29. The highest BCUT2D eigenvalue weighted by atomic mass is 35.5. The monoisotopic (exact) mass is 411 g/mol. The number of hydrogen-bond acceptors (Lipinski definition) is 3. The topological polar surface area (TPSA) is 70.2 Å². The number of amides is 2. The second-order valence-corrected chi connectivity index (χ2v) is 9.72. The molecule has 2 heterocycles. The predicted molar refractivity (Wildman–Crippen MR) is 116 cm³/mol. The van der Waals surface area contributed by atoms with Crippen LogP contribution in [0, 0.1) is 5.41 Å². The highest BCUT2D eigenvalue weighted by Crippen LogP contribution is 2.44. The van der Waals surface area contributed by atoms with Gasteiger partial charge in [0.2, 0.25) is 11.8 Å². The minimum absolute atomic E-state index is 0.0327. The Hall–Kier alpha value is -2.37. The number of carbonyl (C=O) groups is 2. The van der Waals surface area contributed by atoms with E-state index in [-0.39, 0.29) is 17.2 Å². The molecular weight excluding hydrogens is 386 g/mol. The van der Waals surface area contributed by atoms with E-state index < -0.39 is 11.5 Å². The van der Waals surface area contributed by atoms with Gasteiger partial charge in [-0.1, -0.05) is 44.5 Å². The van der Waals surface area contributed by atoms with E-state index in [0.717, 1.165) is 17.7 Å². The quantitative estimate of drug-likeness (QED) is 0.711. The Bertz CT molecular complexity index is 965. The Kier molecular flexibility index (Phi) is 4.91. The molecule has 1 spiro atoms. The van der Waals surface area contributed by atoms with Crippen molar-refractivity contribution in [3.05, 3.63) is 58.6 Å². The van der Waals surface area contributed by atoms with Crippen molar-refractivity contribution in [3.8, 4) is 0 Å². The summed E-state index contributed by atoms with van der Waals surface area (Å²) in [5, 5.41) is 9.79. The molecular formula is C23H26ClN3O2. The van der Waals surface area contributed by atoms with Gasteiger partial charge < -0.3 is 16.0 Å². The first-order chi connectivity index (χ1) is 13.7. The molecule has 2 amide bonds. The number of benzene rings is 2. The van der Waals surface area contributed by atoms with Crippen LogP contribution in [0.1, 0.15) is 38.3 Å². The third kappa shape index (κ3) is 3.89. The Morgan fingerprint density at radius 1 is 1.21 bits per heavy atom. The van der Waals surface area contributed by atoms with Gasteiger partial charge in [-0.2, -0.15) is 0 Å². The standard InChI is InChI=1S/C23H26ClN3O2/c1-22(2,3)11-14-4-9-18-17(10-14)23(21(29)27-18)12-19(25-13-23)20(28)26-16-7-5-15(24)6-8-16/h4-10,19,25H,11-13H2,1-3H3,(H,26,28)(H,27,29). The lowest BCUT2D eigenvalue weighted by Crippen LogP contribution is -2.36. The van der Waals surface area contributed by atoms with E-state index >= 15 is 0 Å². The van der Waals surface area contributed by atoms with E-state index in [9.17, 15) is 9.59 Å². The fraction of sp³-hybridized carbons (Fsp3) is 0.391. The van der Waals surface area contributed by atoms with Crippen molar-refractivity contribution in [2.24, 2.45) is 5.41 Å². The number of hydrogen-bond donors (Lipinski definition) is 3. The maximum atomic E-state index is 12.9. The van der Waals surface area contributed by atoms with Gasteiger partial charge in [-0.05, 0) is 59.7 Å². The van der Waals surface area contributed by atoms with Gasteiger partial charge in [0, 0.05) is 22.9 Å². The van der Waals surface area contributed by atoms with Crippen LogP contribution in [0.25, 0.3) is 0 Å². The van der Waals surface area contributed by atoms with Gasteiger partial charge in [-0.25, -0.2) is 0 Å². The zero-order valence-corrected chi connectivity index (χ0v) is 17.7. The van der Waals surface area contributed by atoms with E-state index in [1.165, 1.54) is 5.56 Å². The van der Waals surface area contributed by atoms with Crippen molar-refractivity contribution in [2.75, 3.05) is 17.2 Å². The Morgan fingerprint density at radius 3 is 2.62 bits per heavy atom. The number of anilines is 2. The summed E-state index contributed by atoms with van der Waals surface area (Å²) in [5.41, 5.74) is 3.20. The summed E-state index contributed by atoms with van der Waals surface area (Å²) in [7, 11) is 0. The van der Waals surface area contributed by atoms with E-state index in [2.05, 4.69) is 48.9 Å². The largest absolute Gasteiger partial charge is 0.325 e. The summed E-state index contributed by atoms with van der Waals surface area (Å²) in [5.74, 6) is -0.175. The predicted octanol–water partition coefficient (Wildman–Crippen LogP) is 4.12. The molecule has 0 saturated carbocycles. The first-order valence-electron chi connectivity index (χ1n) is 9.91. The summed E-state index contributed by atoms with van der Waals surface area (Å²) in [4.78, 5) is 25.7. The minimum atomic E-state index is -0.703. The zero-order chi connectivity index (χ0) is 20.8. The highest BCUT2D eigenvalue weighted by Gasteiger charge is 2.53. The average molecular weight is 412 g/mol. The molecule has 2 atom stereocenters. The fourth-order valence-corrected chi connectivity index (χ4v) is 4.43. The molecule has 6 heteroatoms. The molecule has 1 fully saturated rings. The Balaban J connectivity index is 1.55. The zero-order valence-electron chi connectivity index (χ0n) is 16.9. The molecule has 2 aromatic carbocycles. The van der Waals surface area contributed by atoms with E-state index in [1.807, 2.05) is 6.07 Å².